The summed E-state index contributed by atoms with van der Waals surface area (Å²) in [6.45, 7) is 6.96. The maximum absolute atomic E-state index is 13.2. The van der Waals surface area contributed by atoms with Gasteiger partial charge in [-0.15, -0.1) is 0 Å². The summed E-state index contributed by atoms with van der Waals surface area (Å²) in [4.78, 5) is 13.4. The van der Waals surface area contributed by atoms with Crippen molar-refractivity contribution in [3.8, 4) is 0 Å². The fraction of sp³-hybridized carbons (Fsp3) is 0.696. The Morgan fingerprint density at radius 2 is 1.79 bits per heavy atom. The molecule has 0 aromatic heterocycles. The zero-order valence-electron chi connectivity index (χ0n) is 17.9. The maximum Gasteiger partial charge on any atom is 0.241 e. The molecule has 4 aliphatic rings. The molecule has 5 nitrogen and oxygen atoms in total. The van der Waals surface area contributed by atoms with E-state index >= 15 is 0 Å². The number of carbonyl (C=O) groups is 1. The Morgan fingerprint density at radius 3 is 2.38 bits per heavy atom. The van der Waals surface area contributed by atoms with Gasteiger partial charge in [-0.05, 0) is 101 Å². The molecule has 4 bridgehead atoms. The number of ketones is 1. The molecular formula is C23H33NO4S. The Bertz CT molecular complexity index is 920. The Hall–Kier alpha value is -1.24. The Balaban J connectivity index is 1.49. The highest BCUT2D eigenvalue weighted by Gasteiger charge is 2.55. The van der Waals surface area contributed by atoms with E-state index in [-0.39, 0.29) is 16.6 Å². The number of carbonyl (C=O) groups excluding carboxylic acids is 1. The van der Waals surface area contributed by atoms with Crippen molar-refractivity contribution >= 4 is 15.8 Å². The molecule has 4 aliphatic carbocycles. The molecule has 29 heavy (non-hydrogen) atoms. The Labute approximate surface area is 174 Å². The Morgan fingerprint density at radius 1 is 1.17 bits per heavy atom. The first-order valence-electron chi connectivity index (χ1n) is 10.8. The van der Waals surface area contributed by atoms with Crippen LogP contribution in [0.15, 0.2) is 23.1 Å². The van der Waals surface area contributed by atoms with E-state index in [1.54, 1.807) is 32.9 Å². The first-order chi connectivity index (χ1) is 13.4. The molecule has 0 amide bonds. The number of hydrogen-bond donors (Lipinski definition) is 2. The van der Waals surface area contributed by atoms with Crippen molar-refractivity contribution in [3.05, 3.63) is 29.3 Å². The summed E-state index contributed by atoms with van der Waals surface area (Å²) in [7, 11) is -3.80. The van der Waals surface area contributed by atoms with Crippen LogP contribution in [0.4, 0.5) is 0 Å². The molecule has 4 saturated carbocycles. The molecule has 160 valence electrons. The number of nitrogens with one attached hydrogen (secondary N) is 1. The van der Waals surface area contributed by atoms with Gasteiger partial charge in [-0.2, -0.15) is 4.72 Å². The van der Waals surface area contributed by atoms with Crippen molar-refractivity contribution in [2.24, 2.45) is 23.7 Å². The van der Waals surface area contributed by atoms with Gasteiger partial charge < -0.3 is 5.11 Å². The molecular weight excluding hydrogens is 386 g/mol. The quantitative estimate of drug-likeness (QED) is 0.739. The third-order valence-electron chi connectivity index (χ3n) is 7.58. The van der Waals surface area contributed by atoms with Crippen LogP contribution in [0.2, 0.25) is 0 Å². The van der Waals surface area contributed by atoms with Crippen molar-refractivity contribution in [1.29, 1.82) is 0 Å². The normalized spacial score (nSPS) is 33.8. The van der Waals surface area contributed by atoms with Crippen LogP contribution in [0.5, 0.6) is 0 Å². The number of benzene rings is 1. The van der Waals surface area contributed by atoms with Gasteiger partial charge in [0.2, 0.25) is 10.0 Å². The first kappa shape index (κ1) is 21.0. The molecule has 0 radical (unpaired) electrons. The molecule has 2 N–H and O–H groups in total. The fourth-order valence-electron chi connectivity index (χ4n) is 6.33. The molecule has 1 aromatic carbocycles. The minimum Gasteiger partial charge on any atom is -0.390 e. The smallest absolute Gasteiger partial charge is 0.241 e. The first-order valence-corrected chi connectivity index (χ1v) is 12.2. The predicted molar refractivity (Wildman–Crippen MR) is 112 cm³/mol. The second-order valence-electron chi connectivity index (χ2n) is 10.5. The van der Waals surface area contributed by atoms with Gasteiger partial charge in [0.15, 0.2) is 5.78 Å². The van der Waals surface area contributed by atoms with E-state index in [4.69, 9.17) is 0 Å². The molecule has 0 saturated heterocycles. The SMILES string of the molecule is Cc1ccc(C)c(S(=O)(=O)NC(C)(C)C(=O)CC2C3CC4CC2CC(O)(C4)C3)c1. The number of hydrogen-bond acceptors (Lipinski definition) is 4. The van der Waals surface area contributed by atoms with Crippen molar-refractivity contribution in [2.75, 3.05) is 0 Å². The monoisotopic (exact) mass is 419 g/mol. The lowest BCUT2D eigenvalue weighted by molar-refractivity contribution is -0.158. The second-order valence-corrected chi connectivity index (χ2v) is 12.1. The molecule has 5 rings (SSSR count). The van der Waals surface area contributed by atoms with Gasteiger partial charge in [0.1, 0.15) is 0 Å². The Kier molecular flexibility index (Phi) is 4.99. The van der Waals surface area contributed by atoms with Crippen LogP contribution in [-0.2, 0) is 14.8 Å². The van der Waals surface area contributed by atoms with Crippen LogP contribution in [0.25, 0.3) is 0 Å². The van der Waals surface area contributed by atoms with Crippen LogP contribution in [0.1, 0.15) is 63.5 Å². The highest BCUT2D eigenvalue weighted by molar-refractivity contribution is 7.89. The van der Waals surface area contributed by atoms with E-state index in [1.165, 1.54) is 0 Å². The van der Waals surface area contributed by atoms with Gasteiger partial charge in [0.05, 0.1) is 16.0 Å². The van der Waals surface area contributed by atoms with Crippen LogP contribution in [-0.4, -0.2) is 30.4 Å². The van der Waals surface area contributed by atoms with Gasteiger partial charge in [0.25, 0.3) is 0 Å². The summed E-state index contributed by atoms with van der Waals surface area (Å²) in [5, 5.41) is 10.8. The minimum atomic E-state index is -3.80. The van der Waals surface area contributed by atoms with E-state index < -0.39 is 21.2 Å². The lowest BCUT2D eigenvalue weighted by atomic mass is 9.49. The summed E-state index contributed by atoms with van der Waals surface area (Å²) in [5.74, 6) is 1.59. The van der Waals surface area contributed by atoms with Gasteiger partial charge in [-0.3, -0.25) is 4.79 Å². The largest absolute Gasteiger partial charge is 0.390 e. The van der Waals surface area contributed by atoms with Crippen LogP contribution in [0.3, 0.4) is 0 Å². The number of aryl methyl sites for hydroxylation is 2. The molecule has 0 heterocycles. The topological polar surface area (TPSA) is 83.5 Å². The van der Waals surface area contributed by atoms with Crippen molar-refractivity contribution in [1.82, 2.24) is 4.72 Å². The molecule has 2 unspecified atom stereocenters. The zero-order chi connectivity index (χ0) is 21.2. The summed E-state index contributed by atoms with van der Waals surface area (Å²) in [6, 6.07) is 5.32. The molecule has 0 aliphatic heterocycles. The molecule has 1 aromatic rings. The van der Waals surface area contributed by atoms with Gasteiger partial charge in [0, 0.05) is 6.42 Å². The lowest BCUT2D eigenvalue weighted by Crippen LogP contribution is -2.56. The van der Waals surface area contributed by atoms with Crippen LogP contribution in [0, 0.1) is 37.5 Å². The summed E-state index contributed by atoms with van der Waals surface area (Å²) in [5.41, 5.74) is -0.150. The van der Waals surface area contributed by atoms with Gasteiger partial charge in [-0.1, -0.05) is 12.1 Å². The van der Waals surface area contributed by atoms with Gasteiger partial charge in [-0.25, -0.2) is 8.42 Å². The zero-order valence-corrected chi connectivity index (χ0v) is 18.7. The molecule has 0 spiro atoms. The highest BCUT2D eigenvalue weighted by atomic mass is 32.2. The average molecular weight is 420 g/mol. The van der Waals surface area contributed by atoms with Crippen LogP contribution >= 0.6 is 0 Å². The number of rotatable bonds is 6. The summed E-state index contributed by atoms with van der Waals surface area (Å²) >= 11 is 0. The highest BCUT2D eigenvalue weighted by Crippen LogP contribution is 2.59. The van der Waals surface area contributed by atoms with Crippen molar-refractivity contribution in [2.45, 2.75) is 82.3 Å². The van der Waals surface area contributed by atoms with E-state index in [1.807, 2.05) is 13.0 Å². The van der Waals surface area contributed by atoms with Crippen molar-refractivity contribution in [3.63, 3.8) is 0 Å². The standard InChI is InChI=1S/C23H33NO4S/c1-14-5-6-15(2)20(7-14)29(27,28)24-22(3,4)21(25)10-19-17-8-16-9-18(19)13-23(26,11-16)12-17/h5-7,16-19,24,26H,8-13H2,1-4H3. The van der Waals surface area contributed by atoms with E-state index in [0.29, 0.717) is 29.7 Å². The third-order valence-corrected chi connectivity index (χ3v) is 9.37. The molecule has 6 heteroatoms. The number of Topliss-reactive ketones (excluding diaryl/α,β-unsaturated/α-hetero) is 1. The minimum absolute atomic E-state index is 0.0594. The fourth-order valence-corrected chi connectivity index (χ4v) is 8.06. The maximum atomic E-state index is 13.2. The molecule has 2 atom stereocenters. The predicted octanol–water partition coefficient (Wildman–Crippen LogP) is 3.51. The van der Waals surface area contributed by atoms with E-state index in [2.05, 4.69) is 4.72 Å². The molecule has 4 fully saturated rings. The van der Waals surface area contributed by atoms with Gasteiger partial charge >= 0.3 is 0 Å². The number of aliphatic hydroxyl groups is 1. The third kappa shape index (κ3) is 3.91. The van der Waals surface area contributed by atoms with E-state index in [0.717, 1.165) is 37.7 Å². The van der Waals surface area contributed by atoms with Crippen molar-refractivity contribution < 1.29 is 18.3 Å². The lowest BCUT2D eigenvalue weighted by Gasteiger charge is -2.58. The summed E-state index contributed by atoms with van der Waals surface area (Å²) < 4.78 is 28.7. The van der Waals surface area contributed by atoms with Crippen LogP contribution < -0.4 is 4.72 Å². The summed E-state index contributed by atoms with van der Waals surface area (Å²) in [6.07, 6.45) is 5.11. The van der Waals surface area contributed by atoms with E-state index in [9.17, 15) is 18.3 Å². The average Bonchev–Trinajstić information content (AvgIpc) is 2.57. The number of sulfonamides is 1. The second kappa shape index (κ2) is 6.89.